The number of imide groups is 1. The summed E-state index contributed by atoms with van der Waals surface area (Å²) in [6.07, 6.45) is 0. The molecule has 0 bridgehead atoms. The number of benzene rings is 3. The SMILES string of the molecule is Cc1ccc([C@@]2(C)NC(=O)N(CN3CCN(S(=O)(=O)c4ccc5ccccc5c4)CC3)C2=O)cc1. The zero-order chi connectivity index (χ0) is 24.8. The lowest BCUT2D eigenvalue weighted by molar-refractivity contribution is -0.132. The average Bonchev–Trinajstić information content (AvgIpc) is 3.08. The fourth-order valence-electron chi connectivity index (χ4n) is 4.70. The molecule has 2 heterocycles. The summed E-state index contributed by atoms with van der Waals surface area (Å²) < 4.78 is 27.9. The maximum Gasteiger partial charge on any atom is 0.326 e. The number of urea groups is 1. The molecule has 0 saturated carbocycles. The van der Waals surface area contributed by atoms with Gasteiger partial charge < -0.3 is 5.32 Å². The van der Waals surface area contributed by atoms with E-state index in [0.29, 0.717) is 13.1 Å². The first-order chi connectivity index (χ1) is 16.7. The first kappa shape index (κ1) is 23.5. The van der Waals surface area contributed by atoms with E-state index in [1.165, 1.54) is 9.21 Å². The number of carbonyl (C=O) groups is 2. The monoisotopic (exact) mass is 492 g/mol. The van der Waals surface area contributed by atoms with Crippen molar-refractivity contribution in [2.45, 2.75) is 24.3 Å². The van der Waals surface area contributed by atoms with Gasteiger partial charge in [0.15, 0.2) is 0 Å². The van der Waals surface area contributed by atoms with Crippen molar-refractivity contribution < 1.29 is 18.0 Å². The minimum Gasteiger partial charge on any atom is -0.319 e. The number of amides is 3. The van der Waals surface area contributed by atoms with Gasteiger partial charge >= 0.3 is 6.03 Å². The molecule has 0 unspecified atom stereocenters. The third-order valence-corrected chi connectivity index (χ3v) is 8.83. The van der Waals surface area contributed by atoms with E-state index in [0.717, 1.165) is 21.9 Å². The quantitative estimate of drug-likeness (QED) is 0.553. The molecule has 3 aromatic rings. The highest BCUT2D eigenvalue weighted by molar-refractivity contribution is 7.89. The molecule has 5 rings (SSSR count). The molecule has 1 atom stereocenters. The van der Waals surface area contributed by atoms with Gasteiger partial charge in [0.25, 0.3) is 5.91 Å². The molecule has 8 nitrogen and oxygen atoms in total. The van der Waals surface area contributed by atoms with Gasteiger partial charge in [-0.2, -0.15) is 4.31 Å². The van der Waals surface area contributed by atoms with Gasteiger partial charge in [-0.3, -0.25) is 9.69 Å². The average molecular weight is 493 g/mol. The van der Waals surface area contributed by atoms with Crippen LogP contribution in [-0.2, 0) is 20.4 Å². The van der Waals surface area contributed by atoms with Crippen LogP contribution in [0.15, 0.2) is 71.6 Å². The second-order valence-electron chi connectivity index (χ2n) is 9.33. The molecule has 2 saturated heterocycles. The molecule has 3 aromatic carbocycles. The van der Waals surface area contributed by atoms with E-state index in [4.69, 9.17) is 0 Å². The van der Waals surface area contributed by atoms with E-state index in [2.05, 4.69) is 5.32 Å². The zero-order valence-electron chi connectivity index (χ0n) is 19.8. The Labute approximate surface area is 205 Å². The normalized spacial score (nSPS) is 22.1. The van der Waals surface area contributed by atoms with Gasteiger partial charge in [0.05, 0.1) is 11.6 Å². The third-order valence-electron chi connectivity index (χ3n) is 6.94. The van der Waals surface area contributed by atoms with Crippen molar-refractivity contribution in [2.75, 3.05) is 32.8 Å². The molecule has 0 aliphatic carbocycles. The molecule has 0 aromatic heterocycles. The maximum atomic E-state index is 13.2. The summed E-state index contributed by atoms with van der Waals surface area (Å²) in [6.45, 7) is 5.22. The highest BCUT2D eigenvalue weighted by atomic mass is 32.2. The van der Waals surface area contributed by atoms with Crippen LogP contribution in [0.3, 0.4) is 0 Å². The summed E-state index contributed by atoms with van der Waals surface area (Å²) in [6, 6.07) is 19.9. The van der Waals surface area contributed by atoms with Crippen LogP contribution in [-0.4, -0.2) is 67.3 Å². The Kier molecular flexibility index (Phi) is 5.86. The lowest BCUT2D eigenvalue weighted by atomic mass is 9.91. The minimum absolute atomic E-state index is 0.121. The van der Waals surface area contributed by atoms with E-state index in [1.54, 1.807) is 19.1 Å². The van der Waals surface area contributed by atoms with Crippen molar-refractivity contribution in [3.63, 3.8) is 0 Å². The first-order valence-electron chi connectivity index (χ1n) is 11.6. The van der Waals surface area contributed by atoms with Crippen molar-refractivity contribution >= 4 is 32.7 Å². The lowest BCUT2D eigenvalue weighted by Gasteiger charge is -2.35. The Hall–Kier alpha value is -3.27. The second kappa shape index (κ2) is 8.75. The van der Waals surface area contributed by atoms with E-state index < -0.39 is 21.6 Å². The van der Waals surface area contributed by atoms with Gasteiger partial charge in [-0.05, 0) is 42.3 Å². The van der Waals surface area contributed by atoms with Crippen LogP contribution in [0.2, 0.25) is 0 Å². The van der Waals surface area contributed by atoms with E-state index in [-0.39, 0.29) is 30.6 Å². The fraction of sp³-hybridized carbons (Fsp3) is 0.308. The number of aryl methyl sites for hydroxylation is 1. The van der Waals surface area contributed by atoms with Crippen LogP contribution >= 0.6 is 0 Å². The van der Waals surface area contributed by atoms with Gasteiger partial charge in [0.2, 0.25) is 10.0 Å². The van der Waals surface area contributed by atoms with Crippen molar-refractivity contribution in [2.24, 2.45) is 0 Å². The van der Waals surface area contributed by atoms with Crippen LogP contribution < -0.4 is 5.32 Å². The number of nitrogens with zero attached hydrogens (tertiary/aromatic N) is 3. The predicted octanol–water partition coefficient (Wildman–Crippen LogP) is 2.88. The summed E-state index contributed by atoms with van der Waals surface area (Å²) in [7, 11) is -3.64. The van der Waals surface area contributed by atoms with Crippen LogP contribution in [0.1, 0.15) is 18.1 Å². The van der Waals surface area contributed by atoms with Gasteiger partial charge in [-0.15, -0.1) is 0 Å². The number of hydrogen-bond acceptors (Lipinski definition) is 5. The molecule has 1 N–H and O–H groups in total. The summed E-state index contributed by atoms with van der Waals surface area (Å²) in [5.74, 6) is -0.308. The van der Waals surface area contributed by atoms with E-state index in [1.807, 2.05) is 66.4 Å². The fourth-order valence-corrected chi connectivity index (χ4v) is 6.15. The lowest BCUT2D eigenvalue weighted by Crippen LogP contribution is -2.52. The van der Waals surface area contributed by atoms with Gasteiger partial charge in [0.1, 0.15) is 5.54 Å². The minimum atomic E-state index is -3.64. The smallest absolute Gasteiger partial charge is 0.319 e. The van der Waals surface area contributed by atoms with E-state index in [9.17, 15) is 18.0 Å². The van der Waals surface area contributed by atoms with Crippen LogP contribution in [0.25, 0.3) is 10.8 Å². The molecule has 0 spiro atoms. The molecule has 35 heavy (non-hydrogen) atoms. The number of nitrogens with one attached hydrogen (secondary N) is 1. The van der Waals surface area contributed by atoms with Gasteiger partial charge in [0, 0.05) is 26.2 Å². The Morgan fingerprint density at radius 3 is 2.23 bits per heavy atom. The molecule has 2 aliphatic heterocycles. The zero-order valence-corrected chi connectivity index (χ0v) is 20.6. The molecular formula is C26H28N4O4S. The van der Waals surface area contributed by atoms with Crippen molar-refractivity contribution in [3.05, 3.63) is 77.9 Å². The topological polar surface area (TPSA) is 90.0 Å². The van der Waals surface area contributed by atoms with Crippen LogP contribution in [0.4, 0.5) is 4.79 Å². The highest BCUT2D eigenvalue weighted by Gasteiger charge is 2.49. The van der Waals surface area contributed by atoms with Gasteiger partial charge in [-0.25, -0.2) is 18.1 Å². The van der Waals surface area contributed by atoms with Crippen molar-refractivity contribution in [1.82, 2.24) is 19.4 Å². The summed E-state index contributed by atoms with van der Waals surface area (Å²) in [4.78, 5) is 29.3. The molecule has 3 amide bonds. The van der Waals surface area contributed by atoms with Crippen molar-refractivity contribution in [3.8, 4) is 0 Å². The number of hydrogen-bond donors (Lipinski definition) is 1. The Bertz CT molecular complexity index is 1400. The summed E-state index contributed by atoms with van der Waals surface area (Å²) in [5, 5.41) is 4.69. The van der Waals surface area contributed by atoms with Crippen LogP contribution in [0, 0.1) is 6.92 Å². The molecule has 2 fully saturated rings. The Morgan fingerprint density at radius 2 is 1.54 bits per heavy atom. The number of piperazine rings is 1. The molecule has 182 valence electrons. The Morgan fingerprint density at radius 1 is 0.886 bits per heavy atom. The number of sulfonamides is 1. The highest BCUT2D eigenvalue weighted by Crippen LogP contribution is 2.29. The summed E-state index contributed by atoms with van der Waals surface area (Å²) >= 11 is 0. The number of carbonyl (C=O) groups excluding carboxylic acids is 2. The molecule has 2 aliphatic rings. The largest absolute Gasteiger partial charge is 0.326 e. The van der Waals surface area contributed by atoms with Gasteiger partial charge in [-0.1, -0.05) is 60.2 Å². The maximum absolute atomic E-state index is 13.2. The number of rotatable bonds is 5. The molecule has 9 heteroatoms. The number of fused-ring (bicyclic) bond motifs is 1. The predicted molar refractivity (Wildman–Crippen MR) is 133 cm³/mol. The van der Waals surface area contributed by atoms with Crippen molar-refractivity contribution in [1.29, 1.82) is 0 Å². The Balaban J connectivity index is 1.25. The summed E-state index contributed by atoms with van der Waals surface area (Å²) in [5.41, 5.74) is 0.684. The molecular weight excluding hydrogens is 464 g/mol. The second-order valence-corrected chi connectivity index (χ2v) is 11.3. The van der Waals surface area contributed by atoms with E-state index >= 15 is 0 Å². The molecule has 0 radical (unpaired) electrons. The first-order valence-corrected chi connectivity index (χ1v) is 13.0. The standard InChI is InChI=1S/C26H28N4O4S/c1-19-7-10-22(11-8-19)26(2)24(31)30(25(32)27-26)18-28-13-15-29(16-14-28)35(33,34)23-12-9-20-5-3-4-6-21(20)17-23/h3-12,17H,13-16,18H2,1-2H3,(H,27,32)/t26-/m1/s1. The van der Waals surface area contributed by atoms with Crippen LogP contribution in [0.5, 0.6) is 0 Å². The third kappa shape index (κ3) is 4.20.